The lowest BCUT2D eigenvalue weighted by Gasteiger charge is -2.34. The van der Waals surface area contributed by atoms with Crippen molar-refractivity contribution in [3.8, 4) is 0 Å². The Morgan fingerprint density at radius 3 is 2.77 bits per heavy atom. The number of hydrogen-bond acceptors (Lipinski definition) is 5. The van der Waals surface area contributed by atoms with Crippen LogP contribution in [0.5, 0.6) is 0 Å². The van der Waals surface area contributed by atoms with Crippen LogP contribution in [0, 0.1) is 0 Å². The second-order valence-electron chi connectivity index (χ2n) is 8.54. The van der Waals surface area contributed by atoms with Gasteiger partial charge < -0.3 is 29.4 Å². The highest BCUT2D eigenvalue weighted by molar-refractivity contribution is 5.80. The van der Waals surface area contributed by atoms with Crippen LogP contribution in [0.1, 0.15) is 45.8 Å². The summed E-state index contributed by atoms with van der Waals surface area (Å²) in [6, 6.07) is 3.87. The van der Waals surface area contributed by atoms with Gasteiger partial charge in [0.25, 0.3) is 0 Å². The molecule has 1 aromatic heterocycles. The third kappa shape index (κ3) is 10.4. The number of carbonyl (C=O) groups is 1. The molecule has 1 fully saturated rings. The lowest BCUT2D eigenvalue weighted by atomic mass is 10.1. The quantitative estimate of drug-likeness (QED) is 0.254. The SMILES string of the molecule is C=CCNC(=NCCc1ccco1)N1CCC(OCCCNC(=O)OC(C)(C)C)CC1. The molecule has 2 N–H and O–H groups in total. The molecule has 1 amide bonds. The van der Waals surface area contributed by atoms with E-state index in [1.807, 2.05) is 39.0 Å². The van der Waals surface area contributed by atoms with Gasteiger partial charge in [-0.15, -0.1) is 6.58 Å². The number of aliphatic imine (C=N–C) groups is 1. The fourth-order valence-electron chi connectivity index (χ4n) is 3.22. The van der Waals surface area contributed by atoms with Gasteiger partial charge in [0.2, 0.25) is 0 Å². The number of carbonyl (C=O) groups excluding carboxylic acids is 1. The van der Waals surface area contributed by atoms with Gasteiger partial charge in [0.15, 0.2) is 5.96 Å². The van der Waals surface area contributed by atoms with E-state index in [-0.39, 0.29) is 12.2 Å². The number of hydrogen-bond donors (Lipinski definition) is 2. The maximum atomic E-state index is 11.6. The van der Waals surface area contributed by atoms with Crippen LogP contribution in [0.2, 0.25) is 0 Å². The molecule has 0 radical (unpaired) electrons. The molecule has 2 rings (SSSR count). The molecule has 2 heterocycles. The van der Waals surface area contributed by atoms with Crippen LogP contribution in [0.25, 0.3) is 0 Å². The summed E-state index contributed by atoms with van der Waals surface area (Å²) in [7, 11) is 0. The van der Waals surface area contributed by atoms with Gasteiger partial charge in [0.05, 0.1) is 12.4 Å². The molecule has 0 spiro atoms. The minimum atomic E-state index is -0.476. The highest BCUT2D eigenvalue weighted by Crippen LogP contribution is 2.14. The van der Waals surface area contributed by atoms with Gasteiger partial charge >= 0.3 is 6.09 Å². The van der Waals surface area contributed by atoms with E-state index in [0.717, 1.165) is 50.5 Å². The number of ether oxygens (including phenoxy) is 2. The van der Waals surface area contributed by atoms with Gasteiger partial charge in [-0.3, -0.25) is 4.99 Å². The normalized spacial score (nSPS) is 15.6. The van der Waals surface area contributed by atoms with Gasteiger partial charge in [0.1, 0.15) is 11.4 Å². The van der Waals surface area contributed by atoms with E-state index in [2.05, 4.69) is 22.1 Å². The Morgan fingerprint density at radius 1 is 1.35 bits per heavy atom. The van der Waals surface area contributed by atoms with Crippen molar-refractivity contribution in [2.24, 2.45) is 4.99 Å². The minimum absolute atomic E-state index is 0.238. The third-order valence-electron chi connectivity index (χ3n) is 4.69. The van der Waals surface area contributed by atoms with Crippen molar-refractivity contribution in [1.82, 2.24) is 15.5 Å². The first-order valence-electron chi connectivity index (χ1n) is 11.1. The molecular formula is C23H38N4O4. The zero-order valence-electron chi connectivity index (χ0n) is 19.2. The zero-order chi connectivity index (χ0) is 22.5. The van der Waals surface area contributed by atoms with Gasteiger partial charge in [-0.05, 0) is 52.2 Å². The monoisotopic (exact) mass is 434 g/mol. The Kier molecular flexibility index (Phi) is 10.4. The van der Waals surface area contributed by atoms with E-state index in [1.165, 1.54) is 0 Å². The van der Waals surface area contributed by atoms with E-state index in [4.69, 9.17) is 18.9 Å². The van der Waals surface area contributed by atoms with Crippen LogP contribution in [0.3, 0.4) is 0 Å². The van der Waals surface area contributed by atoms with E-state index in [1.54, 1.807) is 6.26 Å². The summed E-state index contributed by atoms with van der Waals surface area (Å²) in [5.41, 5.74) is -0.476. The number of nitrogens with zero attached hydrogens (tertiary/aromatic N) is 2. The van der Waals surface area contributed by atoms with Crippen molar-refractivity contribution in [3.63, 3.8) is 0 Å². The Labute approximate surface area is 186 Å². The molecule has 1 saturated heterocycles. The average Bonchev–Trinajstić information content (AvgIpc) is 3.23. The smallest absolute Gasteiger partial charge is 0.407 e. The minimum Gasteiger partial charge on any atom is -0.469 e. The predicted octanol–water partition coefficient (Wildman–Crippen LogP) is 3.35. The summed E-state index contributed by atoms with van der Waals surface area (Å²) >= 11 is 0. The summed E-state index contributed by atoms with van der Waals surface area (Å²) in [5.74, 6) is 1.85. The van der Waals surface area contributed by atoms with E-state index in [0.29, 0.717) is 26.2 Å². The van der Waals surface area contributed by atoms with E-state index < -0.39 is 5.60 Å². The summed E-state index contributed by atoms with van der Waals surface area (Å²) in [6.45, 7) is 13.7. The maximum absolute atomic E-state index is 11.6. The van der Waals surface area contributed by atoms with Crippen LogP contribution in [-0.4, -0.2) is 68.0 Å². The van der Waals surface area contributed by atoms with Crippen molar-refractivity contribution >= 4 is 12.1 Å². The summed E-state index contributed by atoms with van der Waals surface area (Å²) in [6.07, 6.45) is 6.83. The molecule has 1 aromatic rings. The first-order chi connectivity index (χ1) is 14.9. The van der Waals surface area contributed by atoms with Crippen LogP contribution in [-0.2, 0) is 15.9 Å². The molecule has 0 saturated carbocycles. The molecule has 0 aromatic carbocycles. The summed E-state index contributed by atoms with van der Waals surface area (Å²) in [5, 5.41) is 6.11. The molecule has 0 unspecified atom stereocenters. The van der Waals surface area contributed by atoms with Crippen LogP contribution in [0.15, 0.2) is 40.5 Å². The lowest BCUT2D eigenvalue weighted by molar-refractivity contribution is 0.0170. The van der Waals surface area contributed by atoms with Gasteiger partial charge in [-0.2, -0.15) is 0 Å². The fraction of sp³-hybridized carbons (Fsp3) is 0.652. The number of amides is 1. The predicted molar refractivity (Wildman–Crippen MR) is 122 cm³/mol. The molecule has 174 valence electrons. The van der Waals surface area contributed by atoms with Gasteiger partial charge in [0, 0.05) is 45.8 Å². The van der Waals surface area contributed by atoms with Crippen molar-refractivity contribution in [3.05, 3.63) is 36.8 Å². The average molecular weight is 435 g/mol. The zero-order valence-corrected chi connectivity index (χ0v) is 19.2. The van der Waals surface area contributed by atoms with Crippen LogP contribution < -0.4 is 10.6 Å². The third-order valence-corrected chi connectivity index (χ3v) is 4.69. The lowest BCUT2D eigenvalue weighted by Crippen LogP contribution is -2.47. The second kappa shape index (κ2) is 13.0. The largest absolute Gasteiger partial charge is 0.469 e. The Morgan fingerprint density at radius 2 is 2.13 bits per heavy atom. The number of rotatable bonds is 10. The van der Waals surface area contributed by atoms with Gasteiger partial charge in [-0.25, -0.2) is 4.79 Å². The number of guanidine groups is 1. The molecule has 0 bridgehead atoms. The Bertz CT molecular complexity index is 674. The maximum Gasteiger partial charge on any atom is 0.407 e. The molecule has 8 nitrogen and oxygen atoms in total. The van der Waals surface area contributed by atoms with E-state index in [9.17, 15) is 4.79 Å². The van der Waals surface area contributed by atoms with Crippen LogP contribution >= 0.6 is 0 Å². The number of likely N-dealkylation sites (tertiary alicyclic amines) is 1. The van der Waals surface area contributed by atoms with Gasteiger partial charge in [-0.1, -0.05) is 6.08 Å². The molecule has 31 heavy (non-hydrogen) atoms. The van der Waals surface area contributed by atoms with E-state index >= 15 is 0 Å². The van der Waals surface area contributed by atoms with Crippen molar-refractivity contribution < 1.29 is 18.7 Å². The standard InChI is InChI=1S/C23H38N4O4/c1-5-12-24-21(25-14-9-19-8-6-17-29-19)27-15-10-20(11-16-27)30-18-7-13-26-22(28)31-23(2,3)4/h5-6,8,17,20H,1,7,9-16,18H2,2-4H3,(H,24,25)(H,26,28). The number of furan rings is 1. The highest BCUT2D eigenvalue weighted by Gasteiger charge is 2.22. The van der Waals surface area contributed by atoms with Crippen molar-refractivity contribution in [1.29, 1.82) is 0 Å². The number of nitrogens with one attached hydrogen (secondary N) is 2. The van der Waals surface area contributed by atoms with Crippen LogP contribution in [0.4, 0.5) is 4.79 Å². The topological polar surface area (TPSA) is 88.3 Å². The Balaban J connectivity index is 1.65. The molecule has 0 aliphatic carbocycles. The number of alkyl carbamates (subject to hydrolysis) is 1. The summed E-state index contributed by atoms with van der Waals surface area (Å²) < 4.78 is 16.6. The molecular weight excluding hydrogens is 396 g/mol. The first-order valence-corrected chi connectivity index (χ1v) is 11.1. The molecule has 8 heteroatoms. The molecule has 1 aliphatic rings. The second-order valence-corrected chi connectivity index (χ2v) is 8.54. The Hall–Kier alpha value is -2.48. The molecule has 0 atom stereocenters. The number of piperidine rings is 1. The molecule has 1 aliphatic heterocycles. The van der Waals surface area contributed by atoms with Crippen molar-refractivity contribution in [2.45, 2.75) is 58.2 Å². The first kappa shape index (κ1) is 24.8. The highest BCUT2D eigenvalue weighted by atomic mass is 16.6. The summed E-state index contributed by atoms with van der Waals surface area (Å²) in [4.78, 5) is 18.6. The fourth-order valence-corrected chi connectivity index (χ4v) is 3.22. The van der Waals surface area contributed by atoms with Crippen molar-refractivity contribution in [2.75, 3.05) is 39.3 Å².